The molecule has 0 spiro atoms. The molecule has 3 rings (SSSR count). The third kappa shape index (κ3) is 12.2. The molecule has 0 aliphatic carbocycles. The van der Waals surface area contributed by atoms with Gasteiger partial charge in [0.2, 0.25) is 5.91 Å². The number of unbranched alkanes of at least 4 members (excludes halogenated alkanes) is 3. The fourth-order valence-corrected chi connectivity index (χ4v) is 5.67. The van der Waals surface area contributed by atoms with Gasteiger partial charge in [-0.25, -0.2) is 9.18 Å². The number of rotatable bonds is 24. The summed E-state index contributed by atoms with van der Waals surface area (Å²) in [6.45, 7) is -0.403. The largest absolute Gasteiger partial charge is 0.477 e. The summed E-state index contributed by atoms with van der Waals surface area (Å²) >= 11 is 5.86. The minimum absolute atomic E-state index is 0.0794. The van der Waals surface area contributed by atoms with Crippen molar-refractivity contribution in [2.45, 2.75) is 74.8 Å². The lowest BCUT2D eigenvalue weighted by atomic mass is 9.88. The predicted molar refractivity (Wildman–Crippen MR) is 187 cm³/mol. The number of amides is 2. The average Bonchev–Trinajstić information content (AvgIpc) is 3.13. The van der Waals surface area contributed by atoms with E-state index in [9.17, 15) is 48.8 Å². The van der Waals surface area contributed by atoms with Gasteiger partial charge in [-0.1, -0.05) is 36.6 Å². The van der Waals surface area contributed by atoms with Crippen molar-refractivity contribution in [1.82, 2.24) is 10.6 Å². The first kappa shape index (κ1) is 42.7. The number of alkyl halides is 1. The summed E-state index contributed by atoms with van der Waals surface area (Å²) in [5.41, 5.74) is 5.14. The maximum atomic E-state index is 13.1. The molecular weight excluding hydrogens is 713 g/mol. The van der Waals surface area contributed by atoms with Gasteiger partial charge in [0.05, 0.1) is 44.5 Å². The second-order valence-corrected chi connectivity index (χ2v) is 12.7. The predicted octanol–water partition coefficient (Wildman–Crippen LogP) is -1.22. The highest BCUT2D eigenvalue weighted by molar-refractivity contribution is 6.30. The molecule has 0 radical (unpaired) electrons. The summed E-state index contributed by atoms with van der Waals surface area (Å²) in [4.78, 5) is 60.6. The highest BCUT2D eigenvalue weighted by atomic mass is 35.5. The molecule has 6 atom stereocenters. The Labute approximate surface area is 303 Å². The van der Waals surface area contributed by atoms with Crippen molar-refractivity contribution in [2.75, 3.05) is 63.3 Å². The van der Waals surface area contributed by atoms with E-state index in [2.05, 4.69) is 21.3 Å². The summed E-state index contributed by atoms with van der Waals surface area (Å²) in [5.74, 6) is -5.87. The van der Waals surface area contributed by atoms with E-state index in [0.29, 0.717) is 69.1 Å². The van der Waals surface area contributed by atoms with Crippen LogP contribution < -0.4 is 37.9 Å². The number of aliphatic carboxylic acids is 1. The van der Waals surface area contributed by atoms with Gasteiger partial charge in [-0.15, -0.1) is 0 Å². The van der Waals surface area contributed by atoms with Crippen molar-refractivity contribution in [2.24, 2.45) is 5.73 Å². The van der Waals surface area contributed by atoms with Gasteiger partial charge in [-0.2, -0.15) is 0 Å². The third-order valence-corrected chi connectivity index (χ3v) is 8.55. The number of halogens is 2. The van der Waals surface area contributed by atoms with Gasteiger partial charge in [-0.3, -0.25) is 19.2 Å². The van der Waals surface area contributed by atoms with E-state index in [-0.39, 0.29) is 24.4 Å². The van der Waals surface area contributed by atoms with E-state index in [0.717, 1.165) is 0 Å². The van der Waals surface area contributed by atoms with Crippen LogP contribution in [0.25, 0.3) is 0 Å². The summed E-state index contributed by atoms with van der Waals surface area (Å²) in [6, 6.07) is 4.90. The van der Waals surface area contributed by atoms with Crippen molar-refractivity contribution in [3.8, 4) is 0 Å². The first-order chi connectivity index (χ1) is 24.8. The second kappa shape index (κ2) is 21.1. The molecule has 19 heteroatoms. The Hall–Kier alpha value is -3.75. The van der Waals surface area contributed by atoms with Crippen LogP contribution in [-0.2, 0) is 35.0 Å². The van der Waals surface area contributed by atoms with Gasteiger partial charge in [-0.05, 0) is 30.5 Å². The van der Waals surface area contributed by atoms with Crippen molar-refractivity contribution >= 4 is 40.8 Å². The number of hydrogen-bond acceptors (Lipinski definition) is 14. The Bertz CT molecular complexity index is 1530. The summed E-state index contributed by atoms with van der Waals surface area (Å²) in [7, 11) is 0. The van der Waals surface area contributed by atoms with E-state index in [4.69, 9.17) is 31.5 Å². The molecule has 2 aromatic carbocycles. The van der Waals surface area contributed by atoms with Crippen LogP contribution >= 0.6 is 11.6 Å². The first-order valence-electron chi connectivity index (χ1n) is 16.9. The van der Waals surface area contributed by atoms with Crippen LogP contribution in [0.4, 0.5) is 15.8 Å². The van der Waals surface area contributed by atoms with Gasteiger partial charge in [0.25, 0.3) is 22.6 Å². The van der Waals surface area contributed by atoms with E-state index in [1.165, 1.54) is 0 Å². The van der Waals surface area contributed by atoms with Crippen LogP contribution in [0.1, 0.15) is 37.7 Å². The lowest BCUT2D eigenvalue weighted by Gasteiger charge is -2.46. The number of carboxylic acids is 1. The lowest BCUT2D eigenvalue weighted by molar-refractivity contribution is -0.310. The lowest BCUT2D eigenvalue weighted by Crippen LogP contribution is -2.68. The quantitative estimate of drug-likeness (QED) is 0.0449. The van der Waals surface area contributed by atoms with Gasteiger partial charge >= 0.3 is 5.97 Å². The number of nitrogens with two attached hydrogens (primary N) is 1. The molecule has 290 valence electrons. The zero-order valence-electron chi connectivity index (χ0n) is 28.5. The molecule has 1 fully saturated rings. The molecule has 0 bridgehead atoms. The number of carboxylic acid groups (broad SMARTS) is 1. The molecule has 52 heavy (non-hydrogen) atoms. The molecule has 17 nitrogen and oxygen atoms in total. The standard InChI is InChI=1S/C33H47ClFN5O12/c34-20-7-5-19(6-8-20)15-23(43)39-18-22(42)28(45)31-25(40-24(44)17-35)21(41)16-33(52-31,32(48)49)51-12-4-2-1-3-10-37-26-27(30(47)29(26)46)38-11-14-50-13-9-36/h5-8,21-22,25,28,31,37-38,41-42,45H,1-4,9-18,36H2,(H,39,43)(H,40,44)(H,48,49)/t21-,22+,25+,28+,31+,33+/m0/s1. The van der Waals surface area contributed by atoms with Crippen LogP contribution in [-0.4, -0.2) is 127 Å². The van der Waals surface area contributed by atoms with Gasteiger partial charge in [0.1, 0.15) is 23.6 Å². The van der Waals surface area contributed by atoms with Crippen LogP contribution in [0, 0.1) is 0 Å². The Morgan fingerprint density at radius 2 is 1.63 bits per heavy atom. The first-order valence-corrected chi connectivity index (χ1v) is 17.3. The van der Waals surface area contributed by atoms with Gasteiger partial charge in [0, 0.05) is 37.6 Å². The number of carbonyl (C=O) groups is 3. The molecule has 0 saturated carbocycles. The molecule has 0 unspecified atom stereocenters. The number of aliphatic hydroxyl groups is 3. The van der Waals surface area contributed by atoms with Crippen molar-refractivity contribution in [3.05, 3.63) is 55.3 Å². The van der Waals surface area contributed by atoms with Gasteiger partial charge in [0.15, 0.2) is 6.67 Å². The average molecular weight is 760 g/mol. The minimum Gasteiger partial charge on any atom is -0.477 e. The maximum Gasteiger partial charge on any atom is 0.364 e. The van der Waals surface area contributed by atoms with E-state index in [1.54, 1.807) is 24.3 Å². The number of ether oxygens (including phenoxy) is 3. The number of carbonyl (C=O) groups excluding carboxylic acids is 2. The third-order valence-electron chi connectivity index (χ3n) is 8.29. The second-order valence-electron chi connectivity index (χ2n) is 12.2. The SMILES string of the molecule is NCCOCCNc1c(NCCCCCCO[C@]2(C(=O)O)C[C@H](O)[C@@H](NC(=O)CF)[C@H]([C@H](O)[C@H](O)CNC(=O)Cc3ccc(Cl)cc3)O2)c(=O)c1=O. The number of hydrogen-bond donors (Lipinski definition) is 9. The van der Waals surface area contributed by atoms with E-state index >= 15 is 0 Å². The molecule has 10 N–H and O–H groups in total. The smallest absolute Gasteiger partial charge is 0.364 e. The Balaban J connectivity index is 1.52. The van der Waals surface area contributed by atoms with Crippen molar-refractivity contribution in [1.29, 1.82) is 0 Å². The van der Waals surface area contributed by atoms with Crippen LogP contribution in [0.5, 0.6) is 0 Å². The van der Waals surface area contributed by atoms with Crippen LogP contribution in [0.3, 0.4) is 0 Å². The van der Waals surface area contributed by atoms with Gasteiger partial charge < -0.3 is 61.6 Å². The molecule has 1 aliphatic rings. The number of aliphatic hydroxyl groups excluding tert-OH is 3. The van der Waals surface area contributed by atoms with E-state index < -0.39 is 84.5 Å². The minimum atomic E-state index is -2.51. The number of anilines is 2. The fraction of sp³-hybridized carbons (Fsp3) is 0.606. The summed E-state index contributed by atoms with van der Waals surface area (Å²) in [5, 5.41) is 53.7. The molecule has 1 heterocycles. The number of nitrogens with one attached hydrogen (secondary N) is 4. The van der Waals surface area contributed by atoms with E-state index in [1.807, 2.05) is 0 Å². The zero-order chi connectivity index (χ0) is 38.3. The summed E-state index contributed by atoms with van der Waals surface area (Å²) in [6.07, 6.45) is -5.98. The molecular formula is C33H47ClFN5O12. The van der Waals surface area contributed by atoms with Crippen LogP contribution in [0.2, 0.25) is 5.02 Å². The molecule has 1 saturated heterocycles. The van der Waals surface area contributed by atoms with Crippen molar-refractivity contribution in [3.63, 3.8) is 0 Å². The Morgan fingerprint density at radius 3 is 2.27 bits per heavy atom. The normalized spacial score (nSPS) is 21.3. The topological polar surface area (TPSA) is 268 Å². The fourth-order valence-electron chi connectivity index (χ4n) is 5.54. The van der Waals surface area contributed by atoms with Crippen LogP contribution in [0.15, 0.2) is 33.9 Å². The molecule has 2 aromatic rings. The molecule has 1 aliphatic heterocycles. The number of benzene rings is 1. The monoisotopic (exact) mass is 759 g/mol. The molecule has 0 aromatic heterocycles. The van der Waals surface area contributed by atoms with Crippen molar-refractivity contribution < 1.29 is 53.4 Å². The highest BCUT2D eigenvalue weighted by Crippen LogP contribution is 2.34. The summed E-state index contributed by atoms with van der Waals surface area (Å²) < 4.78 is 29.6. The zero-order valence-corrected chi connectivity index (χ0v) is 29.2. The Morgan fingerprint density at radius 1 is 0.981 bits per heavy atom. The highest BCUT2D eigenvalue weighted by Gasteiger charge is 2.55. The maximum absolute atomic E-state index is 13.1. The Kier molecular flexibility index (Phi) is 17.3. The molecule has 2 amide bonds.